The zero-order chi connectivity index (χ0) is 19.5. The first-order valence-electron chi connectivity index (χ1n) is 9.46. The summed E-state index contributed by atoms with van der Waals surface area (Å²) in [5, 5.41) is 9.72. The number of hydrogen-bond donors (Lipinski definition) is 1. The van der Waals surface area contributed by atoms with Crippen LogP contribution >= 0.6 is 0 Å². The van der Waals surface area contributed by atoms with Gasteiger partial charge in [0.2, 0.25) is 11.8 Å². The molecule has 146 valence electrons. The third kappa shape index (κ3) is 3.98. The van der Waals surface area contributed by atoms with Crippen LogP contribution < -0.4 is 14.9 Å². The topological polar surface area (TPSA) is 87.1 Å². The Hall–Kier alpha value is -2.58. The summed E-state index contributed by atoms with van der Waals surface area (Å²) in [6.45, 7) is 0.854. The Balaban J connectivity index is 1.53. The normalized spacial score (nSPS) is 16.1. The van der Waals surface area contributed by atoms with Gasteiger partial charge in [-0.2, -0.15) is 4.98 Å². The number of benzene rings is 1. The molecule has 1 fully saturated rings. The van der Waals surface area contributed by atoms with E-state index in [1.165, 1.54) is 20.0 Å². The highest BCUT2D eigenvalue weighted by molar-refractivity contribution is 6.61. The molecule has 0 atom stereocenters. The number of rotatable bonds is 6. The van der Waals surface area contributed by atoms with E-state index < -0.39 is 13.1 Å². The lowest BCUT2D eigenvalue weighted by Crippen LogP contribution is -2.27. The summed E-state index contributed by atoms with van der Waals surface area (Å²) in [5.74, 6) is 1.09. The van der Waals surface area contributed by atoms with Crippen LogP contribution in [0.15, 0.2) is 30.3 Å². The number of esters is 1. The molecule has 0 unspecified atom stereocenters. The van der Waals surface area contributed by atoms with Gasteiger partial charge < -0.3 is 23.9 Å². The SMILES string of the molecule is COC(=O)c1ccc(Oc2ccc3c(c2)COB3O)nc1OCC1CCCC1. The Bertz CT molecular complexity index is 868. The second kappa shape index (κ2) is 8.20. The van der Waals surface area contributed by atoms with E-state index in [4.69, 9.17) is 18.9 Å². The molecule has 1 aliphatic heterocycles. The van der Waals surface area contributed by atoms with Gasteiger partial charge in [-0.05, 0) is 48.0 Å². The van der Waals surface area contributed by atoms with Crippen LogP contribution in [0.5, 0.6) is 17.5 Å². The van der Waals surface area contributed by atoms with Gasteiger partial charge >= 0.3 is 13.1 Å². The third-order valence-electron chi connectivity index (χ3n) is 5.17. The highest BCUT2D eigenvalue weighted by Crippen LogP contribution is 2.29. The number of methoxy groups -OCH3 is 1. The summed E-state index contributed by atoms with van der Waals surface area (Å²) >= 11 is 0. The molecule has 1 aliphatic carbocycles. The zero-order valence-corrected chi connectivity index (χ0v) is 15.7. The van der Waals surface area contributed by atoms with Crippen molar-refractivity contribution in [2.45, 2.75) is 32.3 Å². The predicted molar refractivity (Wildman–Crippen MR) is 102 cm³/mol. The van der Waals surface area contributed by atoms with Crippen LogP contribution in [0.2, 0.25) is 0 Å². The largest absolute Gasteiger partial charge is 0.491 e. The summed E-state index contributed by atoms with van der Waals surface area (Å²) in [6, 6.07) is 8.51. The average molecular weight is 383 g/mol. The molecule has 2 aliphatic rings. The molecule has 1 saturated carbocycles. The van der Waals surface area contributed by atoms with E-state index in [0.717, 1.165) is 23.9 Å². The maximum atomic E-state index is 12.0. The molecular formula is C20H22BNO6. The van der Waals surface area contributed by atoms with Gasteiger partial charge in [-0.1, -0.05) is 18.9 Å². The number of hydrogen-bond acceptors (Lipinski definition) is 7. The van der Waals surface area contributed by atoms with Crippen molar-refractivity contribution in [3.63, 3.8) is 0 Å². The molecule has 0 amide bonds. The van der Waals surface area contributed by atoms with E-state index in [1.54, 1.807) is 30.3 Å². The van der Waals surface area contributed by atoms with Crippen LogP contribution in [-0.4, -0.2) is 36.8 Å². The molecule has 2 heterocycles. The van der Waals surface area contributed by atoms with E-state index in [9.17, 15) is 9.82 Å². The molecule has 1 N–H and O–H groups in total. The Morgan fingerprint density at radius 2 is 2.11 bits per heavy atom. The van der Waals surface area contributed by atoms with E-state index in [2.05, 4.69) is 4.98 Å². The van der Waals surface area contributed by atoms with Crippen LogP contribution in [0.1, 0.15) is 41.6 Å². The fourth-order valence-electron chi connectivity index (χ4n) is 3.62. The Kier molecular flexibility index (Phi) is 5.50. The Morgan fingerprint density at radius 3 is 2.89 bits per heavy atom. The molecule has 4 rings (SSSR count). The van der Waals surface area contributed by atoms with Crippen LogP contribution in [0.4, 0.5) is 0 Å². The van der Waals surface area contributed by atoms with E-state index in [0.29, 0.717) is 30.8 Å². The summed E-state index contributed by atoms with van der Waals surface area (Å²) in [5.41, 5.74) is 1.88. The maximum absolute atomic E-state index is 12.0. The van der Waals surface area contributed by atoms with Gasteiger partial charge in [-0.3, -0.25) is 0 Å². The Labute approximate surface area is 163 Å². The van der Waals surface area contributed by atoms with Crippen LogP contribution in [-0.2, 0) is 16.0 Å². The van der Waals surface area contributed by atoms with Gasteiger partial charge in [0.25, 0.3) is 0 Å². The van der Waals surface area contributed by atoms with Crippen molar-refractivity contribution in [1.29, 1.82) is 0 Å². The van der Waals surface area contributed by atoms with Gasteiger partial charge in [0.05, 0.1) is 20.3 Å². The van der Waals surface area contributed by atoms with E-state index in [1.807, 2.05) is 0 Å². The predicted octanol–water partition coefficient (Wildman–Crippen LogP) is 2.45. The third-order valence-corrected chi connectivity index (χ3v) is 5.17. The highest BCUT2D eigenvalue weighted by Gasteiger charge is 2.27. The van der Waals surface area contributed by atoms with Gasteiger partial charge in [-0.25, -0.2) is 4.79 Å². The smallest absolute Gasteiger partial charge is 0.477 e. The monoisotopic (exact) mass is 383 g/mol. The number of carbonyl (C=O) groups is 1. The van der Waals surface area contributed by atoms with Crippen molar-refractivity contribution >= 4 is 18.6 Å². The van der Waals surface area contributed by atoms with Crippen molar-refractivity contribution in [2.75, 3.05) is 13.7 Å². The number of aromatic nitrogens is 1. The zero-order valence-electron chi connectivity index (χ0n) is 15.7. The van der Waals surface area contributed by atoms with E-state index >= 15 is 0 Å². The first kappa shape index (κ1) is 18.8. The first-order chi connectivity index (χ1) is 13.6. The minimum atomic E-state index is -0.892. The second-order valence-electron chi connectivity index (χ2n) is 7.08. The molecule has 0 saturated heterocycles. The lowest BCUT2D eigenvalue weighted by molar-refractivity contribution is 0.0593. The standard InChI is InChI=1S/C20H22BNO6/c1-25-20(23)16-7-9-18(22-19(16)26-11-13-4-2-3-5-13)28-15-6-8-17-14(10-15)12-27-21(17)24/h6-10,13,24H,2-5,11-12H2,1H3. The van der Waals surface area contributed by atoms with Gasteiger partial charge in [0.1, 0.15) is 11.3 Å². The molecule has 1 aromatic carbocycles. The van der Waals surface area contributed by atoms with Crippen molar-refractivity contribution in [3.8, 4) is 17.5 Å². The van der Waals surface area contributed by atoms with Crippen molar-refractivity contribution < 1.29 is 28.7 Å². The maximum Gasteiger partial charge on any atom is 0.491 e. The second-order valence-corrected chi connectivity index (χ2v) is 7.08. The molecule has 0 spiro atoms. The number of fused-ring (bicyclic) bond motifs is 1. The molecule has 1 aromatic heterocycles. The summed E-state index contributed by atoms with van der Waals surface area (Å²) < 4.78 is 21.7. The number of ether oxygens (including phenoxy) is 3. The minimum absolute atomic E-state index is 0.219. The average Bonchev–Trinajstić information content (AvgIpc) is 3.36. The molecular weight excluding hydrogens is 361 g/mol. The summed E-state index contributed by atoms with van der Waals surface area (Å²) in [4.78, 5) is 16.4. The van der Waals surface area contributed by atoms with Gasteiger partial charge in [0, 0.05) is 6.07 Å². The molecule has 7 nitrogen and oxygen atoms in total. The number of carbonyl (C=O) groups excluding carboxylic acids is 1. The summed E-state index contributed by atoms with van der Waals surface area (Å²) in [7, 11) is 0.436. The molecule has 28 heavy (non-hydrogen) atoms. The molecule has 8 heteroatoms. The highest BCUT2D eigenvalue weighted by atomic mass is 16.5. The quantitative estimate of drug-likeness (QED) is 0.606. The minimum Gasteiger partial charge on any atom is -0.477 e. The fraction of sp³-hybridized carbons (Fsp3) is 0.400. The van der Waals surface area contributed by atoms with Crippen LogP contribution in [0.25, 0.3) is 0 Å². The lowest BCUT2D eigenvalue weighted by Gasteiger charge is -2.14. The van der Waals surface area contributed by atoms with Crippen LogP contribution in [0.3, 0.4) is 0 Å². The molecule has 0 radical (unpaired) electrons. The summed E-state index contributed by atoms with van der Waals surface area (Å²) in [6.07, 6.45) is 4.69. The van der Waals surface area contributed by atoms with E-state index in [-0.39, 0.29) is 11.4 Å². The number of nitrogens with zero attached hydrogens (tertiary/aromatic N) is 1. The van der Waals surface area contributed by atoms with Gasteiger partial charge in [-0.15, -0.1) is 0 Å². The van der Waals surface area contributed by atoms with Crippen molar-refractivity contribution in [3.05, 3.63) is 41.5 Å². The van der Waals surface area contributed by atoms with Crippen molar-refractivity contribution in [2.24, 2.45) is 5.92 Å². The molecule has 2 aromatic rings. The van der Waals surface area contributed by atoms with Gasteiger partial charge in [0.15, 0.2) is 0 Å². The van der Waals surface area contributed by atoms with Crippen LogP contribution in [0, 0.1) is 5.92 Å². The lowest BCUT2D eigenvalue weighted by atomic mass is 9.80. The fourth-order valence-corrected chi connectivity index (χ4v) is 3.62. The number of pyridine rings is 1. The van der Waals surface area contributed by atoms with Crippen molar-refractivity contribution in [1.82, 2.24) is 4.98 Å². The Morgan fingerprint density at radius 1 is 1.29 bits per heavy atom. The first-order valence-corrected chi connectivity index (χ1v) is 9.46. The molecule has 0 bridgehead atoms.